The second-order valence-corrected chi connectivity index (χ2v) is 8.10. The highest BCUT2D eigenvalue weighted by molar-refractivity contribution is 6.15. The first-order valence-electron chi connectivity index (χ1n) is 11.3. The van der Waals surface area contributed by atoms with Gasteiger partial charge in [-0.05, 0) is 56.2 Å². The topological polar surface area (TPSA) is 94.2 Å². The molecule has 33 heavy (non-hydrogen) atoms. The number of anilines is 2. The molecule has 4 rings (SSSR count). The van der Waals surface area contributed by atoms with Crippen LogP contribution < -0.4 is 19.7 Å². The standard InChI is InChI=1S/C25H28N2O6/c1-2-31-18-9-11-19(12-10-18)32-16-13-23(29)33-17-22(28)27-21-8-4-3-7-20(21)26-24(30)25(27)14-5-6-15-25/h3-4,7-12H,2,5-6,13-17H2,1H3,(H,26,30). The van der Waals surface area contributed by atoms with Crippen molar-refractivity contribution < 1.29 is 28.6 Å². The van der Waals surface area contributed by atoms with Crippen LogP contribution in [-0.2, 0) is 19.1 Å². The van der Waals surface area contributed by atoms with E-state index in [0.717, 1.165) is 18.6 Å². The second kappa shape index (κ2) is 9.94. The molecule has 8 nitrogen and oxygen atoms in total. The Kier molecular flexibility index (Phi) is 6.82. The molecular weight excluding hydrogens is 424 g/mol. The number of hydrogen-bond donors (Lipinski definition) is 1. The van der Waals surface area contributed by atoms with Crippen molar-refractivity contribution in [2.24, 2.45) is 0 Å². The molecule has 8 heteroatoms. The zero-order valence-corrected chi connectivity index (χ0v) is 18.7. The number of carbonyl (C=O) groups is 3. The number of amides is 2. The van der Waals surface area contributed by atoms with Crippen LogP contribution in [0.3, 0.4) is 0 Å². The first kappa shape index (κ1) is 22.6. The lowest BCUT2D eigenvalue weighted by Gasteiger charge is -2.44. The summed E-state index contributed by atoms with van der Waals surface area (Å²) < 4.78 is 16.2. The lowest BCUT2D eigenvalue weighted by Crippen LogP contribution is -2.61. The monoisotopic (exact) mass is 452 g/mol. The lowest BCUT2D eigenvalue weighted by molar-refractivity contribution is -0.148. The molecule has 1 aliphatic heterocycles. The summed E-state index contributed by atoms with van der Waals surface area (Å²) in [5.74, 6) is 0.240. The Morgan fingerprint density at radius 3 is 2.36 bits per heavy atom. The minimum atomic E-state index is -0.922. The van der Waals surface area contributed by atoms with Gasteiger partial charge in [-0.1, -0.05) is 25.0 Å². The molecule has 0 bridgehead atoms. The second-order valence-electron chi connectivity index (χ2n) is 8.10. The number of nitrogens with one attached hydrogen (secondary N) is 1. The zero-order valence-electron chi connectivity index (χ0n) is 18.7. The van der Waals surface area contributed by atoms with Crippen LogP contribution in [0.5, 0.6) is 11.5 Å². The van der Waals surface area contributed by atoms with Gasteiger partial charge >= 0.3 is 5.97 Å². The average Bonchev–Trinajstić information content (AvgIpc) is 3.30. The van der Waals surface area contributed by atoms with Gasteiger partial charge in [0.2, 0.25) is 0 Å². The number of fused-ring (bicyclic) bond motifs is 1. The van der Waals surface area contributed by atoms with Gasteiger partial charge in [0.05, 0.1) is 31.0 Å². The SMILES string of the molecule is CCOc1ccc(OCCC(=O)OCC(=O)N2c3ccccc3NC(=O)C23CCCC3)cc1. The predicted octanol–water partition coefficient (Wildman–Crippen LogP) is 3.70. The van der Waals surface area contributed by atoms with Gasteiger partial charge in [0.25, 0.3) is 11.8 Å². The van der Waals surface area contributed by atoms with Crippen LogP contribution in [-0.4, -0.2) is 43.1 Å². The highest BCUT2D eigenvalue weighted by Crippen LogP contribution is 2.45. The number of rotatable bonds is 8. The number of benzene rings is 2. The van der Waals surface area contributed by atoms with E-state index in [9.17, 15) is 14.4 Å². The summed E-state index contributed by atoms with van der Waals surface area (Å²) in [5.41, 5.74) is 0.302. The molecular formula is C25H28N2O6. The van der Waals surface area contributed by atoms with E-state index >= 15 is 0 Å². The molecule has 0 radical (unpaired) electrons. The fraction of sp³-hybridized carbons (Fsp3) is 0.400. The van der Waals surface area contributed by atoms with Crippen molar-refractivity contribution in [1.29, 1.82) is 0 Å². The van der Waals surface area contributed by atoms with Crippen molar-refractivity contribution in [2.75, 3.05) is 30.0 Å². The molecule has 1 spiro atoms. The number of para-hydroxylation sites is 2. The molecule has 0 aromatic heterocycles. The molecule has 0 atom stereocenters. The van der Waals surface area contributed by atoms with Crippen molar-refractivity contribution in [3.05, 3.63) is 48.5 Å². The largest absolute Gasteiger partial charge is 0.494 e. The maximum atomic E-state index is 13.2. The van der Waals surface area contributed by atoms with Crippen LogP contribution in [0.25, 0.3) is 0 Å². The third-order valence-electron chi connectivity index (χ3n) is 5.99. The molecule has 0 saturated heterocycles. The van der Waals surface area contributed by atoms with E-state index in [1.807, 2.05) is 13.0 Å². The third kappa shape index (κ3) is 4.79. The zero-order chi connectivity index (χ0) is 23.3. The number of carbonyl (C=O) groups excluding carboxylic acids is 3. The Labute approximate surface area is 192 Å². The third-order valence-corrected chi connectivity index (χ3v) is 5.99. The van der Waals surface area contributed by atoms with Crippen molar-refractivity contribution in [2.45, 2.75) is 44.6 Å². The van der Waals surface area contributed by atoms with Gasteiger partial charge in [0, 0.05) is 0 Å². The van der Waals surface area contributed by atoms with Crippen molar-refractivity contribution in [1.82, 2.24) is 0 Å². The van der Waals surface area contributed by atoms with Crippen molar-refractivity contribution in [3.63, 3.8) is 0 Å². The maximum absolute atomic E-state index is 13.2. The van der Waals surface area contributed by atoms with E-state index in [2.05, 4.69) is 5.32 Å². The van der Waals surface area contributed by atoms with E-state index in [4.69, 9.17) is 14.2 Å². The fourth-order valence-electron chi connectivity index (χ4n) is 4.46. The molecule has 2 aromatic carbocycles. The summed E-state index contributed by atoms with van der Waals surface area (Å²) in [6, 6.07) is 14.3. The number of esters is 1. The highest BCUT2D eigenvalue weighted by atomic mass is 16.5. The van der Waals surface area contributed by atoms with E-state index < -0.39 is 24.0 Å². The molecule has 2 aromatic rings. The van der Waals surface area contributed by atoms with E-state index in [1.54, 1.807) is 42.5 Å². The van der Waals surface area contributed by atoms with Crippen LogP contribution in [0.4, 0.5) is 11.4 Å². The summed E-state index contributed by atoms with van der Waals surface area (Å²) in [4.78, 5) is 39.9. The first-order valence-corrected chi connectivity index (χ1v) is 11.3. The van der Waals surface area contributed by atoms with Crippen LogP contribution in [0.15, 0.2) is 48.5 Å². The molecule has 1 saturated carbocycles. The summed E-state index contributed by atoms with van der Waals surface area (Å²) >= 11 is 0. The van der Waals surface area contributed by atoms with Gasteiger partial charge in [-0.25, -0.2) is 0 Å². The van der Waals surface area contributed by atoms with Crippen molar-refractivity contribution >= 4 is 29.2 Å². The van der Waals surface area contributed by atoms with E-state index in [-0.39, 0.29) is 18.9 Å². The van der Waals surface area contributed by atoms with Gasteiger partial charge in [-0.3, -0.25) is 19.3 Å². The predicted molar refractivity (Wildman–Crippen MR) is 122 cm³/mol. The van der Waals surface area contributed by atoms with Crippen LogP contribution >= 0.6 is 0 Å². The molecule has 0 unspecified atom stereocenters. The molecule has 1 fully saturated rings. The van der Waals surface area contributed by atoms with Gasteiger partial charge in [0.1, 0.15) is 17.0 Å². The fourth-order valence-corrected chi connectivity index (χ4v) is 4.46. The maximum Gasteiger partial charge on any atom is 0.309 e. The molecule has 1 heterocycles. The Morgan fingerprint density at radius 1 is 1.00 bits per heavy atom. The Morgan fingerprint density at radius 2 is 1.67 bits per heavy atom. The Hall–Kier alpha value is -3.55. The van der Waals surface area contributed by atoms with Crippen LogP contribution in [0, 0.1) is 0 Å². The molecule has 2 amide bonds. The molecule has 174 valence electrons. The normalized spacial score (nSPS) is 16.2. The molecule has 2 aliphatic rings. The molecule has 1 N–H and O–H groups in total. The first-order chi connectivity index (χ1) is 16.0. The van der Waals surface area contributed by atoms with Crippen molar-refractivity contribution in [3.8, 4) is 11.5 Å². The Balaban J connectivity index is 1.33. The minimum Gasteiger partial charge on any atom is -0.494 e. The average molecular weight is 453 g/mol. The van der Waals surface area contributed by atoms with E-state index in [1.165, 1.54) is 4.90 Å². The Bertz CT molecular complexity index is 1010. The lowest BCUT2D eigenvalue weighted by atomic mass is 9.90. The summed E-state index contributed by atoms with van der Waals surface area (Å²) in [6.07, 6.45) is 2.90. The van der Waals surface area contributed by atoms with Gasteiger partial charge < -0.3 is 19.5 Å². The van der Waals surface area contributed by atoms with Gasteiger partial charge in [-0.2, -0.15) is 0 Å². The van der Waals surface area contributed by atoms with Crippen LogP contribution in [0.1, 0.15) is 39.0 Å². The highest BCUT2D eigenvalue weighted by Gasteiger charge is 2.52. The smallest absolute Gasteiger partial charge is 0.309 e. The summed E-state index contributed by atoms with van der Waals surface area (Å²) in [5, 5.41) is 2.93. The number of ether oxygens (including phenoxy) is 3. The summed E-state index contributed by atoms with van der Waals surface area (Å²) in [6.45, 7) is 2.19. The summed E-state index contributed by atoms with van der Waals surface area (Å²) in [7, 11) is 0. The van der Waals surface area contributed by atoms with Gasteiger partial charge in [-0.15, -0.1) is 0 Å². The quantitative estimate of drug-likeness (QED) is 0.614. The van der Waals surface area contributed by atoms with Gasteiger partial charge in [0.15, 0.2) is 6.61 Å². The van der Waals surface area contributed by atoms with E-state index in [0.29, 0.717) is 36.6 Å². The molecule has 1 aliphatic carbocycles. The number of nitrogens with zero attached hydrogens (tertiary/aromatic N) is 1. The van der Waals surface area contributed by atoms with Crippen LogP contribution in [0.2, 0.25) is 0 Å². The minimum absolute atomic E-state index is 0.00269. The number of hydrogen-bond acceptors (Lipinski definition) is 6.